The second kappa shape index (κ2) is 5.72. The summed E-state index contributed by atoms with van der Waals surface area (Å²) in [5.41, 5.74) is 2.03. The van der Waals surface area contributed by atoms with Gasteiger partial charge in [0.15, 0.2) is 0 Å². The van der Waals surface area contributed by atoms with E-state index in [-0.39, 0.29) is 5.38 Å². The topological polar surface area (TPSA) is 17.8 Å². The Kier molecular flexibility index (Phi) is 4.42. The maximum atomic E-state index is 6.28. The van der Waals surface area contributed by atoms with Crippen molar-refractivity contribution in [1.82, 2.24) is 9.55 Å². The molecule has 1 aromatic carbocycles. The van der Waals surface area contributed by atoms with Crippen LogP contribution in [-0.2, 0) is 0 Å². The molecule has 0 fully saturated rings. The molecule has 0 aliphatic heterocycles. The van der Waals surface area contributed by atoms with Crippen molar-refractivity contribution in [2.45, 2.75) is 45.5 Å². The highest BCUT2D eigenvalue weighted by atomic mass is 35.5. The van der Waals surface area contributed by atoms with Gasteiger partial charge in [-0.1, -0.05) is 25.4 Å². The van der Waals surface area contributed by atoms with Gasteiger partial charge in [-0.05, 0) is 44.4 Å². The van der Waals surface area contributed by atoms with Gasteiger partial charge in [-0.3, -0.25) is 0 Å². The van der Waals surface area contributed by atoms with Crippen molar-refractivity contribution >= 4 is 34.2 Å². The second-order valence-corrected chi connectivity index (χ2v) is 6.66. The van der Waals surface area contributed by atoms with Crippen molar-refractivity contribution in [1.29, 1.82) is 0 Å². The van der Waals surface area contributed by atoms with E-state index in [9.17, 15) is 0 Å². The summed E-state index contributed by atoms with van der Waals surface area (Å²) in [5, 5.41) is 0.600. The van der Waals surface area contributed by atoms with Crippen molar-refractivity contribution in [2.75, 3.05) is 0 Å². The Morgan fingerprint density at radius 3 is 2.47 bits per heavy atom. The highest BCUT2D eigenvalue weighted by molar-refractivity contribution is 6.31. The lowest BCUT2D eigenvalue weighted by atomic mass is 10.0. The molecule has 1 heterocycles. The molecule has 2 atom stereocenters. The highest BCUT2D eigenvalue weighted by Gasteiger charge is 2.19. The molecule has 2 nitrogen and oxygen atoms in total. The molecule has 2 aromatic rings. The van der Waals surface area contributed by atoms with E-state index in [1.165, 1.54) is 0 Å². The molecule has 2 unspecified atom stereocenters. The van der Waals surface area contributed by atoms with E-state index in [4.69, 9.17) is 23.2 Å². The molecular formula is C15H20Cl2N2. The van der Waals surface area contributed by atoms with Crippen LogP contribution < -0.4 is 0 Å². The summed E-state index contributed by atoms with van der Waals surface area (Å²) in [6, 6.07) is 6.22. The van der Waals surface area contributed by atoms with Crippen molar-refractivity contribution in [3.63, 3.8) is 0 Å². The van der Waals surface area contributed by atoms with Crippen LogP contribution >= 0.6 is 23.2 Å². The second-order valence-electron chi connectivity index (χ2n) is 5.57. The van der Waals surface area contributed by atoms with E-state index >= 15 is 0 Å². The standard InChI is InChI=1S/C15H20Cl2N2/c1-9(2)7-10(3)19-14-6-5-12(17)8-13(14)18-15(19)11(4)16/h5-6,8-11H,7H2,1-4H3. The molecule has 0 saturated carbocycles. The number of hydrogen-bond donors (Lipinski definition) is 0. The Morgan fingerprint density at radius 2 is 1.89 bits per heavy atom. The van der Waals surface area contributed by atoms with E-state index in [0.717, 1.165) is 23.3 Å². The van der Waals surface area contributed by atoms with Gasteiger partial charge in [0.2, 0.25) is 0 Å². The lowest BCUT2D eigenvalue weighted by Crippen LogP contribution is -2.12. The molecule has 19 heavy (non-hydrogen) atoms. The smallest absolute Gasteiger partial charge is 0.127 e. The fourth-order valence-corrected chi connectivity index (χ4v) is 2.94. The number of aromatic nitrogens is 2. The molecule has 0 amide bonds. The van der Waals surface area contributed by atoms with Gasteiger partial charge in [0.1, 0.15) is 5.82 Å². The fraction of sp³-hybridized carbons (Fsp3) is 0.533. The van der Waals surface area contributed by atoms with Crippen LogP contribution in [0.25, 0.3) is 11.0 Å². The first-order valence-electron chi connectivity index (χ1n) is 6.71. The average Bonchev–Trinajstić information content (AvgIpc) is 2.66. The van der Waals surface area contributed by atoms with Gasteiger partial charge < -0.3 is 4.57 Å². The maximum Gasteiger partial charge on any atom is 0.127 e. The summed E-state index contributed by atoms with van der Waals surface area (Å²) < 4.78 is 2.25. The molecule has 0 N–H and O–H groups in total. The zero-order valence-electron chi connectivity index (χ0n) is 11.8. The first-order chi connectivity index (χ1) is 8.90. The summed E-state index contributed by atoms with van der Waals surface area (Å²) in [4.78, 5) is 4.65. The number of rotatable bonds is 4. The minimum absolute atomic E-state index is 0.110. The van der Waals surface area contributed by atoms with Gasteiger partial charge >= 0.3 is 0 Å². The predicted octanol–water partition coefficient (Wildman–Crippen LogP) is 5.60. The zero-order valence-corrected chi connectivity index (χ0v) is 13.3. The predicted molar refractivity (Wildman–Crippen MR) is 83.2 cm³/mol. The summed E-state index contributed by atoms with van der Waals surface area (Å²) in [7, 11) is 0. The Labute approximate surface area is 124 Å². The Bertz CT molecular complexity index is 573. The normalized spacial score (nSPS) is 15.1. The van der Waals surface area contributed by atoms with Crippen LogP contribution in [0, 0.1) is 5.92 Å². The van der Waals surface area contributed by atoms with Gasteiger partial charge in [-0.25, -0.2) is 4.98 Å². The molecule has 2 rings (SSSR count). The maximum absolute atomic E-state index is 6.28. The third-order valence-corrected chi connectivity index (χ3v) is 3.72. The van der Waals surface area contributed by atoms with Gasteiger partial charge in [-0.15, -0.1) is 11.6 Å². The molecule has 0 saturated heterocycles. The average molecular weight is 299 g/mol. The quantitative estimate of drug-likeness (QED) is 0.672. The van der Waals surface area contributed by atoms with Crippen molar-refractivity contribution in [2.24, 2.45) is 5.92 Å². The van der Waals surface area contributed by atoms with Gasteiger partial charge in [-0.2, -0.15) is 0 Å². The lowest BCUT2D eigenvalue weighted by Gasteiger charge is -2.20. The van der Waals surface area contributed by atoms with Crippen molar-refractivity contribution in [3.8, 4) is 0 Å². The monoisotopic (exact) mass is 298 g/mol. The van der Waals surface area contributed by atoms with Crippen LogP contribution in [-0.4, -0.2) is 9.55 Å². The van der Waals surface area contributed by atoms with Gasteiger partial charge in [0.25, 0.3) is 0 Å². The molecule has 0 spiro atoms. The van der Waals surface area contributed by atoms with Crippen molar-refractivity contribution < 1.29 is 0 Å². The number of halogens is 2. The van der Waals surface area contributed by atoms with E-state index in [2.05, 4.69) is 30.3 Å². The fourth-order valence-electron chi connectivity index (χ4n) is 2.62. The lowest BCUT2D eigenvalue weighted by molar-refractivity contribution is 0.425. The molecule has 104 valence electrons. The Balaban J connectivity index is 2.58. The molecule has 0 bridgehead atoms. The van der Waals surface area contributed by atoms with Crippen LogP contribution in [0.15, 0.2) is 18.2 Å². The minimum Gasteiger partial charge on any atom is -0.324 e. The van der Waals surface area contributed by atoms with Crippen molar-refractivity contribution in [3.05, 3.63) is 29.0 Å². The molecular weight excluding hydrogens is 279 g/mol. The van der Waals surface area contributed by atoms with E-state index in [1.807, 2.05) is 25.1 Å². The first kappa shape index (κ1) is 14.7. The third-order valence-electron chi connectivity index (χ3n) is 3.29. The van der Waals surface area contributed by atoms with Crippen LogP contribution in [0.5, 0.6) is 0 Å². The number of nitrogens with zero attached hydrogens (tertiary/aromatic N) is 2. The summed E-state index contributed by atoms with van der Waals surface area (Å²) >= 11 is 12.3. The minimum atomic E-state index is -0.110. The van der Waals surface area contributed by atoms with E-state index < -0.39 is 0 Å². The third kappa shape index (κ3) is 3.06. The number of imidazole rings is 1. The molecule has 0 aliphatic carbocycles. The summed E-state index contributed by atoms with van der Waals surface area (Å²) in [6.07, 6.45) is 1.10. The zero-order chi connectivity index (χ0) is 14.2. The van der Waals surface area contributed by atoms with Gasteiger partial charge in [0.05, 0.1) is 16.4 Å². The largest absolute Gasteiger partial charge is 0.324 e. The first-order valence-corrected chi connectivity index (χ1v) is 7.53. The SMILES string of the molecule is CC(C)CC(C)n1c(C(C)Cl)nc2cc(Cl)ccc21. The summed E-state index contributed by atoms with van der Waals surface area (Å²) in [6.45, 7) is 8.65. The molecule has 1 aromatic heterocycles. The number of fused-ring (bicyclic) bond motifs is 1. The Morgan fingerprint density at radius 1 is 1.21 bits per heavy atom. The van der Waals surface area contributed by atoms with Crippen LogP contribution in [0.2, 0.25) is 5.02 Å². The van der Waals surface area contributed by atoms with Crippen LogP contribution in [0.4, 0.5) is 0 Å². The van der Waals surface area contributed by atoms with E-state index in [0.29, 0.717) is 17.0 Å². The van der Waals surface area contributed by atoms with E-state index in [1.54, 1.807) is 0 Å². The van der Waals surface area contributed by atoms with Gasteiger partial charge in [0, 0.05) is 11.1 Å². The summed E-state index contributed by atoms with van der Waals surface area (Å²) in [5.74, 6) is 1.56. The molecule has 0 radical (unpaired) electrons. The van der Waals surface area contributed by atoms with Crippen LogP contribution in [0.1, 0.15) is 51.4 Å². The van der Waals surface area contributed by atoms with Crippen LogP contribution in [0.3, 0.4) is 0 Å². The Hall–Kier alpha value is -0.730. The highest BCUT2D eigenvalue weighted by Crippen LogP contribution is 2.31. The number of alkyl halides is 1. The molecule has 0 aliphatic rings. The number of benzene rings is 1. The molecule has 4 heteroatoms. The number of hydrogen-bond acceptors (Lipinski definition) is 1.